The first-order chi connectivity index (χ1) is 14.5. The number of benzene rings is 2. The molecule has 0 atom stereocenters. The van der Waals surface area contributed by atoms with Crippen molar-refractivity contribution in [1.29, 1.82) is 0 Å². The zero-order chi connectivity index (χ0) is 21.9. The van der Waals surface area contributed by atoms with Crippen molar-refractivity contribution >= 4 is 17.8 Å². The molecule has 0 fully saturated rings. The molecule has 30 heavy (non-hydrogen) atoms. The van der Waals surface area contributed by atoms with E-state index < -0.39 is 5.97 Å². The lowest BCUT2D eigenvalue weighted by molar-refractivity contribution is -0.138. The quantitative estimate of drug-likeness (QED) is 0.299. The van der Waals surface area contributed by atoms with E-state index in [9.17, 15) is 9.59 Å². The summed E-state index contributed by atoms with van der Waals surface area (Å²) in [5, 5.41) is 0. The summed E-state index contributed by atoms with van der Waals surface area (Å²) < 4.78 is 21.9. The first-order valence-corrected chi connectivity index (χ1v) is 9.90. The zero-order valence-corrected chi connectivity index (χ0v) is 17.9. The van der Waals surface area contributed by atoms with E-state index in [0.29, 0.717) is 41.6 Å². The van der Waals surface area contributed by atoms with Gasteiger partial charge in [-0.1, -0.05) is 13.0 Å². The van der Waals surface area contributed by atoms with Gasteiger partial charge in [0.05, 0.1) is 20.3 Å². The Hall–Kier alpha value is -3.28. The average Bonchev–Trinajstić information content (AvgIpc) is 2.75. The molecule has 2 rings (SSSR count). The molecule has 0 spiro atoms. The lowest BCUT2D eigenvalue weighted by atomic mass is 10.1. The van der Waals surface area contributed by atoms with Gasteiger partial charge in [-0.3, -0.25) is 4.79 Å². The number of hydrogen-bond acceptors (Lipinski definition) is 6. The van der Waals surface area contributed by atoms with Crippen LogP contribution in [0.25, 0.3) is 6.08 Å². The van der Waals surface area contributed by atoms with Gasteiger partial charge in [0, 0.05) is 17.2 Å². The molecule has 6 heteroatoms. The molecule has 2 aromatic carbocycles. The molecule has 0 aliphatic carbocycles. The Morgan fingerprint density at radius 1 is 0.967 bits per heavy atom. The van der Waals surface area contributed by atoms with E-state index in [2.05, 4.69) is 0 Å². The number of carbonyl (C=O) groups excluding carboxylic acids is 2. The second-order valence-corrected chi connectivity index (χ2v) is 6.51. The molecular formula is C24H28O6. The van der Waals surface area contributed by atoms with Gasteiger partial charge in [0.2, 0.25) is 0 Å². The molecule has 0 unspecified atom stereocenters. The molecule has 2 aromatic rings. The second-order valence-electron chi connectivity index (χ2n) is 6.51. The third-order valence-electron chi connectivity index (χ3n) is 4.20. The summed E-state index contributed by atoms with van der Waals surface area (Å²) in [6, 6.07) is 10.5. The van der Waals surface area contributed by atoms with Crippen LogP contribution in [0.3, 0.4) is 0 Å². The highest BCUT2D eigenvalue weighted by Crippen LogP contribution is 2.29. The van der Waals surface area contributed by atoms with Crippen LogP contribution in [0.2, 0.25) is 0 Å². The van der Waals surface area contributed by atoms with Gasteiger partial charge in [0.1, 0.15) is 12.4 Å². The zero-order valence-electron chi connectivity index (χ0n) is 17.9. The molecule has 6 nitrogen and oxygen atoms in total. The largest absolute Gasteiger partial charge is 0.496 e. The van der Waals surface area contributed by atoms with E-state index >= 15 is 0 Å². The monoisotopic (exact) mass is 412 g/mol. The van der Waals surface area contributed by atoms with Crippen LogP contribution in [0.4, 0.5) is 0 Å². The van der Waals surface area contributed by atoms with Crippen LogP contribution in [-0.2, 0) is 16.1 Å². The lowest BCUT2D eigenvalue weighted by Gasteiger charge is -2.12. The van der Waals surface area contributed by atoms with Crippen molar-refractivity contribution < 1.29 is 28.5 Å². The van der Waals surface area contributed by atoms with Gasteiger partial charge in [0.15, 0.2) is 17.3 Å². The highest BCUT2D eigenvalue weighted by Gasteiger charge is 2.10. The standard InChI is InChI=1S/C24H28O6/c1-5-13-29-22-10-7-18(14-23(22)28-6-2)8-12-24(26)30-16-20-15-19(17(3)25)9-11-21(20)27-4/h7-12,14-15H,5-6,13,16H2,1-4H3/b12-8+. The van der Waals surface area contributed by atoms with Crippen molar-refractivity contribution in [2.45, 2.75) is 33.8 Å². The topological polar surface area (TPSA) is 71.1 Å². The Bertz CT molecular complexity index is 901. The lowest BCUT2D eigenvalue weighted by Crippen LogP contribution is -2.04. The summed E-state index contributed by atoms with van der Waals surface area (Å²) in [7, 11) is 1.53. The van der Waals surface area contributed by atoms with Crippen LogP contribution < -0.4 is 14.2 Å². The minimum absolute atomic E-state index is 0.00145. The maximum absolute atomic E-state index is 12.2. The van der Waals surface area contributed by atoms with Gasteiger partial charge >= 0.3 is 5.97 Å². The smallest absolute Gasteiger partial charge is 0.331 e. The minimum Gasteiger partial charge on any atom is -0.496 e. The third kappa shape index (κ3) is 6.65. The summed E-state index contributed by atoms with van der Waals surface area (Å²) in [6.45, 7) is 6.54. The van der Waals surface area contributed by atoms with Crippen molar-refractivity contribution in [3.63, 3.8) is 0 Å². The van der Waals surface area contributed by atoms with E-state index in [1.165, 1.54) is 20.1 Å². The van der Waals surface area contributed by atoms with Gasteiger partial charge in [-0.2, -0.15) is 0 Å². The Kier molecular flexibility index (Phi) is 8.94. The Morgan fingerprint density at radius 2 is 1.73 bits per heavy atom. The molecule has 0 aromatic heterocycles. The highest BCUT2D eigenvalue weighted by atomic mass is 16.5. The first-order valence-electron chi connectivity index (χ1n) is 9.90. The van der Waals surface area contributed by atoms with E-state index in [4.69, 9.17) is 18.9 Å². The van der Waals surface area contributed by atoms with Crippen LogP contribution in [0.5, 0.6) is 17.2 Å². The predicted octanol–water partition coefficient (Wildman–Crippen LogP) is 4.84. The van der Waals surface area contributed by atoms with Crippen LogP contribution in [-0.4, -0.2) is 32.1 Å². The maximum Gasteiger partial charge on any atom is 0.331 e. The summed E-state index contributed by atoms with van der Waals surface area (Å²) >= 11 is 0. The van der Waals surface area contributed by atoms with E-state index in [1.807, 2.05) is 32.0 Å². The van der Waals surface area contributed by atoms with Crippen molar-refractivity contribution in [1.82, 2.24) is 0 Å². The van der Waals surface area contributed by atoms with Gasteiger partial charge in [0.25, 0.3) is 0 Å². The number of hydrogen-bond donors (Lipinski definition) is 0. The van der Waals surface area contributed by atoms with Gasteiger partial charge in [-0.25, -0.2) is 4.79 Å². The number of esters is 1. The van der Waals surface area contributed by atoms with E-state index in [1.54, 1.807) is 24.3 Å². The highest BCUT2D eigenvalue weighted by molar-refractivity contribution is 5.94. The number of rotatable bonds is 11. The summed E-state index contributed by atoms with van der Waals surface area (Å²) in [5.41, 5.74) is 1.95. The maximum atomic E-state index is 12.2. The molecule has 0 N–H and O–H groups in total. The Labute approximate surface area is 177 Å². The minimum atomic E-state index is -0.505. The van der Waals surface area contributed by atoms with Crippen molar-refractivity contribution in [3.8, 4) is 17.2 Å². The van der Waals surface area contributed by atoms with Gasteiger partial charge in [-0.15, -0.1) is 0 Å². The Morgan fingerprint density at radius 3 is 2.40 bits per heavy atom. The number of carbonyl (C=O) groups is 2. The normalized spacial score (nSPS) is 10.7. The molecule has 0 saturated carbocycles. The summed E-state index contributed by atoms with van der Waals surface area (Å²) in [6.07, 6.45) is 3.90. The number of methoxy groups -OCH3 is 1. The van der Waals surface area contributed by atoms with Crippen LogP contribution in [0.15, 0.2) is 42.5 Å². The molecule has 0 saturated heterocycles. The van der Waals surface area contributed by atoms with Crippen LogP contribution in [0, 0.1) is 0 Å². The van der Waals surface area contributed by atoms with Crippen molar-refractivity contribution in [3.05, 3.63) is 59.2 Å². The first kappa shape index (κ1) is 23.0. The number of ketones is 1. The second kappa shape index (κ2) is 11.7. The third-order valence-corrected chi connectivity index (χ3v) is 4.20. The number of ether oxygens (including phenoxy) is 4. The SMILES string of the molecule is CCCOc1ccc(/C=C/C(=O)OCc2cc(C(C)=O)ccc2OC)cc1OCC. The van der Waals surface area contributed by atoms with E-state index in [-0.39, 0.29) is 12.4 Å². The molecule has 0 aliphatic heterocycles. The fourth-order valence-corrected chi connectivity index (χ4v) is 2.70. The van der Waals surface area contributed by atoms with Gasteiger partial charge in [-0.05, 0) is 62.2 Å². The predicted molar refractivity (Wildman–Crippen MR) is 115 cm³/mol. The molecule has 0 amide bonds. The number of Topliss-reactive ketones (excluding diaryl/α,β-unsaturated/α-hetero) is 1. The van der Waals surface area contributed by atoms with Gasteiger partial charge < -0.3 is 18.9 Å². The van der Waals surface area contributed by atoms with Crippen LogP contribution >= 0.6 is 0 Å². The average molecular weight is 412 g/mol. The molecule has 0 aliphatic rings. The fourth-order valence-electron chi connectivity index (χ4n) is 2.70. The fraction of sp³-hybridized carbons (Fsp3) is 0.333. The molecule has 0 bridgehead atoms. The molecular weight excluding hydrogens is 384 g/mol. The molecule has 0 heterocycles. The molecule has 160 valence electrons. The van der Waals surface area contributed by atoms with E-state index in [0.717, 1.165) is 12.0 Å². The van der Waals surface area contributed by atoms with Crippen LogP contribution in [0.1, 0.15) is 48.7 Å². The van der Waals surface area contributed by atoms with Crippen molar-refractivity contribution in [2.24, 2.45) is 0 Å². The Balaban J connectivity index is 2.05. The molecule has 0 radical (unpaired) electrons. The van der Waals surface area contributed by atoms with Crippen molar-refractivity contribution in [2.75, 3.05) is 20.3 Å². The summed E-state index contributed by atoms with van der Waals surface area (Å²) in [4.78, 5) is 23.7. The summed E-state index contributed by atoms with van der Waals surface area (Å²) in [5.74, 6) is 1.29.